The number of nitrogens with zero attached hydrogens (tertiary/aromatic N) is 5. The van der Waals surface area contributed by atoms with E-state index in [9.17, 15) is 17.6 Å². The number of hydrogen-bond donors (Lipinski definition) is 2. The molecule has 0 aliphatic carbocycles. The summed E-state index contributed by atoms with van der Waals surface area (Å²) in [4.78, 5) is 13.0. The van der Waals surface area contributed by atoms with Crippen molar-refractivity contribution in [2.24, 2.45) is 0 Å². The molecule has 0 amide bonds. The van der Waals surface area contributed by atoms with E-state index in [-0.39, 0.29) is 57.9 Å². The van der Waals surface area contributed by atoms with Gasteiger partial charge in [0.25, 0.3) is 0 Å². The summed E-state index contributed by atoms with van der Waals surface area (Å²) in [6.45, 7) is 7.43. The number of aromatic amines is 1. The molecule has 2 aromatic carbocycles. The molecule has 252 valence electrons. The van der Waals surface area contributed by atoms with Crippen LogP contribution < -0.4 is 19.7 Å². The highest BCUT2D eigenvalue weighted by Crippen LogP contribution is 2.46. The first-order valence-electron chi connectivity index (χ1n) is 15.8. The van der Waals surface area contributed by atoms with Gasteiger partial charge in [0, 0.05) is 54.5 Å². The quantitative estimate of drug-likeness (QED) is 0.227. The van der Waals surface area contributed by atoms with Gasteiger partial charge in [0.05, 0.1) is 22.8 Å². The molecule has 3 aliphatic rings. The molecule has 3 aliphatic heterocycles. The summed E-state index contributed by atoms with van der Waals surface area (Å²) in [6.07, 6.45) is -2.25. The summed E-state index contributed by atoms with van der Waals surface area (Å²) >= 11 is 0. The molecule has 47 heavy (non-hydrogen) atoms. The third-order valence-corrected chi connectivity index (χ3v) is 9.67. The number of fused-ring (bicyclic) bond motifs is 3. The van der Waals surface area contributed by atoms with Crippen LogP contribution in [0.3, 0.4) is 0 Å². The summed E-state index contributed by atoms with van der Waals surface area (Å²) in [5.74, 6) is -2.84. The number of hydrogen-bond acceptors (Lipinski definition) is 8. The molecule has 4 atom stereocenters. The van der Waals surface area contributed by atoms with Gasteiger partial charge in [0.1, 0.15) is 35.7 Å². The van der Waals surface area contributed by atoms with Crippen molar-refractivity contribution in [1.29, 1.82) is 0 Å². The summed E-state index contributed by atoms with van der Waals surface area (Å²) in [6, 6.07) is 2.32. The van der Waals surface area contributed by atoms with Crippen molar-refractivity contribution in [3.63, 3.8) is 0 Å². The van der Waals surface area contributed by atoms with Crippen LogP contribution >= 0.6 is 0 Å². The molecular formula is C32H35F6N7O2. The lowest BCUT2D eigenvalue weighted by atomic mass is 9.95. The SMILES string of the molecule is CC[C@@H]1CN(c2nc(OC[C@@]34CCCN3C[C@H](F)C4)nc3c(F)c(-c4c(OC(F)(F)F)c(C)cc5[nH]ncc45)c(F)cc23)C[C@@H](C)N1. The zero-order valence-electron chi connectivity index (χ0n) is 26.1. The maximum absolute atomic E-state index is 16.9. The number of benzene rings is 2. The summed E-state index contributed by atoms with van der Waals surface area (Å²) in [5, 5.41) is 10.1. The van der Waals surface area contributed by atoms with E-state index in [0.29, 0.717) is 26.1 Å². The molecule has 3 fully saturated rings. The summed E-state index contributed by atoms with van der Waals surface area (Å²) in [7, 11) is 0. The Labute approximate surface area is 266 Å². The van der Waals surface area contributed by atoms with E-state index < -0.39 is 46.6 Å². The van der Waals surface area contributed by atoms with Gasteiger partial charge in [0.2, 0.25) is 0 Å². The number of aryl methyl sites for hydroxylation is 1. The topological polar surface area (TPSA) is 91.4 Å². The Hall–Kier alpha value is -3.85. The molecule has 2 aromatic heterocycles. The lowest BCUT2D eigenvalue weighted by Gasteiger charge is -2.38. The van der Waals surface area contributed by atoms with Crippen molar-refractivity contribution < 1.29 is 35.8 Å². The lowest BCUT2D eigenvalue weighted by Crippen LogP contribution is -2.55. The van der Waals surface area contributed by atoms with Gasteiger partial charge in [-0.1, -0.05) is 6.92 Å². The molecule has 0 spiro atoms. The number of rotatable bonds is 7. The minimum Gasteiger partial charge on any atom is -0.461 e. The fourth-order valence-electron chi connectivity index (χ4n) is 7.64. The molecular weight excluding hydrogens is 628 g/mol. The van der Waals surface area contributed by atoms with Crippen LogP contribution in [0.4, 0.5) is 32.2 Å². The van der Waals surface area contributed by atoms with E-state index in [1.54, 1.807) is 0 Å². The van der Waals surface area contributed by atoms with Crippen LogP contribution in [-0.4, -0.2) is 88.0 Å². The Morgan fingerprint density at radius 1 is 1.09 bits per heavy atom. The second-order valence-corrected chi connectivity index (χ2v) is 13.0. The van der Waals surface area contributed by atoms with Crippen molar-refractivity contribution in [3.05, 3.63) is 35.5 Å². The number of alkyl halides is 4. The van der Waals surface area contributed by atoms with Crippen LogP contribution in [0.2, 0.25) is 0 Å². The van der Waals surface area contributed by atoms with Gasteiger partial charge in [-0.05, 0) is 57.4 Å². The molecule has 7 rings (SSSR count). The Kier molecular flexibility index (Phi) is 7.89. The number of H-pyrrole nitrogens is 1. The molecule has 0 saturated carbocycles. The molecule has 5 heterocycles. The molecule has 2 N–H and O–H groups in total. The molecule has 4 aromatic rings. The Bertz CT molecular complexity index is 1830. The Morgan fingerprint density at radius 2 is 1.89 bits per heavy atom. The molecule has 0 bridgehead atoms. The second kappa shape index (κ2) is 11.7. The van der Waals surface area contributed by atoms with Crippen molar-refractivity contribution in [2.75, 3.05) is 37.7 Å². The molecule has 3 saturated heterocycles. The van der Waals surface area contributed by atoms with E-state index in [1.165, 1.54) is 19.2 Å². The number of halogens is 6. The van der Waals surface area contributed by atoms with Gasteiger partial charge < -0.3 is 19.7 Å². The van der Waals surface area contributed by atoms with Crippen LogP contribution in [0.25, 0.3) is 32.9 Å². The summed E-state index contributed by atoms with van der Waals surface area (Å²) in [5.41, 5.74) is -1.82. The average molecular weight is 664 g/mol. The average Bonchev–Trinajstić information content (AvgIpc) is 3.70. The normalized spacial score (nSPS) is 25.2. The fourth-order valence-corrected chi connectivity index (χ4v) is 7.64. The minimum atomic E-state index is -5.14. The van der Waals surface area contributed by atoms with Crippen molar-refractivity contribution in [1.82, 2.24) is 30.4 Å². The van der Waals surface area contributed by atoms with Crippen molar-refractivity contribution in [3.8, 4) is 22.9 Å². The number of anilines is 1. The van der Waals surface area contributed by atoms with Crippen LogP contribution in [0, 0.1) is 18.6 Å². The van der Waals surface area contributed by atoms with Gasteiger partial charge >= 0.3 is 12.4 Å². The number of nitrogens with one attached hydrogen (secondary N) is 2. The van der Waals surface area contributed by atoms with E-state index >= 15 is 8.78 Å². The monoisotopic (exact) mass is 663 g/mol. The smallest absolute Gasteiger partial charge is 0.461 e. The van der Waals surface area contributed by atoms with Crippen LogP contribution in [0.15, 0.2) is 18.3 Å². The standard InChI is InChI=1S/C32H35F6N7O2/c1-4-19-14-44(12-17(3)40-19)29-20-9-22(34)25(24-21-11-39-43-23(21)8-16(2)28(24)47-32(36,37)38)26(35)27(20)41-30(42-29)46-15-31-6-5-7-45(31)13-18(33)10-31/h8-9,11,17-19,40H,4-7,10,12-15H2,1-3H3,(H,39,43)/t17-,18-,19-,31+/m1/s1. The predicted molar refractivity (Wildman–Crippen MR) is 163 cm³/mol. The van der Waals surface area contributed by atoms with Gasteiger partial charge in [0.15, 0.2) is 5.82 Å². The largest absolute Gasteiger partial charge is 0.573 e. The molecule has 15 heteroatoms. The zero-order valence-corrected chi connectivity index (χ0v) is 26.1. The highest BCUT2D eigenvalue weighted by molar-refractivity contribution is 6.02. The highest BCUT2D eigenvalue weighted by Gasteiger charge is 2.49. The first kappa shape index (κ1) is 31.7. The number of ether oxygens (including phenoxy) is 2. The number of piperazine rings is 1. The first-order valence-corrected chi connectivity index (χ1v) is 15.8. The highest BCUT2D eigenvalue weighted by atomic mass is 19.4. The molecule has 9 nitrogen and oxygen atoms in total. The van der Waals surface area contributed by atoms with E-state index in [2.05, 4.69) is 35.1 Å². The van der Waals surface area contributed by atoms with E-state index in [0.717, 1.165) is 31.9 Å². The summed E-state index contributed by atoms with van der Waals surface area (Å²) < 4.78 is 99.0. The lowest BCUT2D eigenvalue weighted by molar-refractivity contribution is -0.274. The third kappa shape index (κ3) is 5.70. The Morgan fingerprint density at radius 3 is 2.66 bits per heavy atom. The second-order valence-electron chi connectivity index (χ2n) is 13.0. The Balaban J connectivity index is 1.41. The minimum absolute atomic E-state index is 0.0103. The van der Waals surface area contributed by atoms with Crippen molar-refractivity contribution >= 4 is 27.6 Å². The van der Waals surface area contributed by atoms with Crippen LogP contribution in [0.5, 0.6) is 11.8 Å². The molecule has 0 unspecified atom stereocenters. The van der Waals surface area contributed by atoms with Gasteiger partial charge in [-0.3, -0.25) is 10.00 Å². The molecule has 0 radical (unpaired) electrons. The zero-order chi connectivity index (χ0) is 33.2. The van der Waals surface area contributed by atoms with E-state index in [4.69, 9.17) is 4.74 Å². The van der Waals surface area contributed by atoms with Gasteiger partial charge in [-0.15, -0.1) is 13.2 Å². The predicted octanol–water partition coefficient (Wildman–Crippen LogP) is 6.19. The van der Waals surface area contributed by atoms with Gasteiger partial charge in [-0.2, -0.15) is 15.1 Å². The van der Waals surface area contributed by atoms with Crippen LogP contribution in [0.1, 0.15) is 45.1 Å². The third-order valence-electron chi connectivity index (χ3n) is 9.67. The maximum atomic E-state index is 16.9. The fraction of sp³-hybridized carbons (Fsp3) is 0.531. The maximum Gasteiger partial charge on any atom is 0.573 e. The van der Waals surface area contributed by atoms with Crippen molar-refractivity contribution in [2.45, 2.75) is 76.6 Å². The van der Waals surface area contributed by atoms with Crippen LogP contribution in [-0.2, 0) is 0 Å². The van der Waals surface area contributed by atoms with Gasteiger partial charge in [-0.25, -0.2) is 13.2 Å². The van der Waals surface area contributed by atoms with E-state index in [1.807, 2.05) is 18.7 Å². The number of aromatic nitrogens is 4. The first-order chi connectivity index (χ1) is 22.4.